The lowest BCUT2D eigenvalue weighted by Crippen LogP contribution is -1.76. The molecule has 0 spiro atoms. The molecule has 62 valence electrons. The summed E-state index contributed by atoms with van der Waals surface area (Å²) in [6.07, 6.45) is 0. The van der Waals surface area contributed by atoms with Gasteiger partial charge >= 0.3 is 0 Å². The van der Waals surface area contributed by atoms with Crippen LogP contribution < -0.4 is 0 Å². The van der Waals surface area contributed by atoms with Crippen LogP contribution in [0, 0.1) is 6.92 Å². The molecule has 0 N–H and O–H groups in total. The minimum Gasteiger partial charge on any atom is -0.331 e. The van der Waals surface area contributed by atoms with Crippen molar-refractivity contribution < 1.29 is 4.52 Å². The number of nitrogens with zero attached hydrogens (tertiary/aromatic N) is 3. The van der Waals surface area contributed by atoms with E-state index in [0.29, 0.717) is 10.6 Å². The Hall–Kier alpha value is -0.750. The Labute approximate surface area is 80.8 Å². The van der Waals surface area contributed by atoms with Gasteiger partial charge in [-0.15, -0.1) is 11.3 Å². The second-order valence-corrected chi connectivity index (χ2v) is 3.89. The van der Waals surface area contributed by atoms with Crippen LogP contribution in [0.25, 0.3) is 11.6 Å². The molecule has 0 aliphatic carbocycles. The van der Waals surface area contributed by atoms with Crippen LogP contribution in [-0.4, -0.2) is 15.1 Å². The highest BCUT2D eigenvalue weighted by atomic mass is 79.9. The van der Waals surface area contributed by atoms with E-state index in [4.69, 9.17) is 4.52 Å². The van der Waals surface area contributed by atoms with Gasteiger partial charge in [-0.25, -0.2) is 4.98 Å². The van der Waals surface area contributed by atoms with Crippen LogP contribution in [0.4, 0.5) is 0 Å². The Morgan fingerprint density at radius 3 is 2.83 bits per heavy atom. The summed E-state index contributed by atoms with van der Waals surface area (Å²) in [6, 6.07) is 0. The van der Waals surface area contributed by atoms with Gasteiger partial charge in [-0.1, -0.05) is 0 Å². The van der Waals surface area contributed by atoms with Crippen molar-refractivity contribution in [3.05, 3.63) is 15.1 Å². The molecule has 0 fully saturated rings. The molecule has 12 heavy (non-hydrogen) atoms. The van der Waals surface area contributed by atoms with Crippen molar-refractivity contribution in [2.24, 2.45) is 0 Å². The summed E-state index contributed by atoms with van der Waals surface area (Å²) in [5, 5.41) is 6.47. The molecule has 2 aromatic rings. The van der Waals surface area contributed by atoms with Crippen LogP contribution in [0.15, 0.2) is 14.6 Å². The molecule has 0 amide bonds. The summed E-state index contributed by atoms with van der Waals surface area (Å²) >= 11 is 4.65. The van der Waals surface area contributed by atoms with Crippen molar-refractivity contribution in [1.29, 1.82) is 0 Å². The smallest absolute Gasteiger partial charge is 0.278 e. The molecule has 2 rings (SSSR count). The Morgan fingerprint density at radius 2 is 2.33 bits per heavy atom. The van der Waals surface area contributed by atoms with Gasteiger partial charge in [0.15, 0.2) is 0 Å². The Balaban J connectivity index is 2.43. The second kappa shape index (κ2) is 2.95. The lowest BCUT2D eigenvalue weighted by atomic mass is 10.5. The number of hydrogen-bond donors (Lipinski definition) is 0. The maximum absolute atomic E-state index is 4.90. The van der Waals surface area contributed by atoms with E-state index in [9.17, 15) is 0 Å². The number of halogens is 1. The zero-order valence-electron chi connectivity index (χ0n) is 6.11. The van der Waals surface area contributed by atoms with E-state index in [-0.39, 0.29) is 0 Å². The third kappa shape index (κ3) is 1.39. The highest BCUT2D eigenvalue weighted by Gasteiger charge is 2.09. The van der Waals surface area contributed by atoms with E-state index in [2.05, 4.69) is 31.1 Å². The van der Waals surface area contributed by atoms with Crippen LogP contribution >= 0.6 is 27.3 Å². The molecule has 0 aromatic carbocycles. The van der Waals surface area contributed by atoms with E-state index in [1.165, 1.54) is 0 Å². The first-order valence-corrected chi connectivity index (χ1v) is 4.84. The topological polar surface area (TPSA) is 51.8 Å². The van der Waals surface area contributed by atoms with Crippen LogP contribution in [-0.2, 0) is 0 Å². The molecule has 0 atom stereocenters. The standard InChI is InChI=1S/C6H4BrN3OS/c1-3-8-4(2-12-3)5-9-6(7)10-11-5/h2H,1H3. The van der Waals surface area contributed by atoms with Gasteiger partial charge in [-0.3, -0.25) is 0 Å². The normalized spacial score (nSPS) is 10.5. The molecule has 2 aromatic heterocycles. The Bertz CT molecular complexity index is 359. The summed E-state index contributed by atoms with van der Waals surface area (Å²) < 4.78 is 5.35. The number of thiazole rings is 1. The summed E-state index contributed by atoms with van der Waals surface area (Å²) in [7, 11) is 0. The average molecular weight is 246 g/mol. The van der Waals surface area contributed by atoms with Crippen molar-refractivity contribution in [3.8, 4) is 11.6 Å². The maximum atomic E-state index is 4.90. The first kappa shape index (κ1) is 7.88. The minimum atomic E-state index is 0.447. The quantitative estimate of drug-likeness (QED) is 0.774. The van der Waals surface area contributed by atoms with Crippen molar-refractivity contribution in [2.75, 3.05) is 0 Å². The molecule has 6 heteroatoms. The number of aromatic nitrogens is 3. The summed E-state index contributed by atoms with van der Waals surface area (Å²) in [5.41, 5.74) is 0.732. The van der Waals surface area contributed by atoms with Gasteiger partial charge in [0.1, 0.15) is 5.69 Å². The van der Waals surface area contributed by atoms with E-state index in [1.807, 2.05) is 12.3 Å². The molecule has 0 saturated carbocycles. The largest absolute Gasteiger partial charge is 0.331 e. The van der Waals surface area contributed by atoms with Gasteiger partial charge in [-0.2, -0.15) is 4.98 Å². The van der Waals surface area contributed by atoms with Crippen molar-refractivity contribution in [2.45, 2.75) is 6.92 Å². The van der Waals surface area contributed by atoms with E-state index in [0.717, 1.165) is 10.7 Å². The zero-order chi connectivity index (χ0) is 8.55. The highest BCUT2D eigenvalue weighted by molar-refractivity contribution is 9.10. The lowest BCUT2D eigenvalue weighted by Gasteiger charge is -1.81. The monoisotopic (exact) mass is 245 g/mol. The number of hydrogen-bond acceptors (Lipinski definition) is 5. The fourth-order valence-electron chi connectivity index (χ4n) is 0.771. The molecule has 0 aliphatic heterocycles. The third-order valence-corrected chi connectivity index (χ3v) is 2.33. The van der Waals surface area contributed by atoms with Gasteiger partial charge in [0.25, 0.3) is 5.89 Å². The molecule has 4 nitrogen and oxygen atoms in total. The number of aryl methyl sites for hydroxylation is 1. The average Bonchev–Trinajstić information content (AvgIpc) is 2.58. The summed E-state index contributed by atoms with van der Waals surface area (Å²) in [6.45, 7) is 1.93. The lowest BCUT2D eigenvalue weighted by molar-refractivity contribution is 0.425. The van der Waals surface area contributed by atoms with Gasteiger partial charge in [0.05, 0.1) is 5.01 Å². The molecule has 2 heterocycles. The molecule has 0 radical (unpaired) electrons. The van der Waals surface area contributed by atoms with E-state index in [1.54, 1.807) is 11.3 Å². The predicted octanol–water partition coefficient (Wildman–Crippen LogP) is 2.26. The van der Waals surface area contributed by atoms with Crippen LogP contribution in [0.5, 0.6) is 0 Å². The van der Waals surface area contributed by atoms with Crippen LogP contribution in [0.3, 0.4) is 0 Å². The number of rotatable bonds is 1. The maximum Gasteiger partial charge on any atom is 0.278 e. The Morgan fingerprint density at radius 1 is 1.50 bits per heavy atom. The first-order chi connectivity index (χ1) is 5.75. The highest BCUT2D eigenvalue weighted by Crippen LogP contribution is 2.20. The molecule has 0 aliphatic rings. The van der Waals surface area contributed by atoms with Crippen molar-refractivity contribution in [3.63, 3.8) is 0 Å². The fourth-order valence-corrected chi connectivity index (χ4v) is 1.59. The molecule has 0 bridgehead atoms. The van der Waals surface area contributed by atoms with Crippen LogP contribution in [0.1, 0.15) is 5.01 Å². The Kier molecular flexibility index (Phi) is 1.93. The van der Waals surface area contributed by atoms with Gasteiger partial charge < -0.3 is 4.52 Å². The molecular weight excluding hydrogens is 242 g/mol. The van der Waals surface area contributed by atoms with E-state index < -0.39 is 0 Å². The van der Waals surface area contributed by atoms with E-state index >= 15 is 0 Å². The molecule has 0 saturated heterocycles. The van der Waals surface area contributed by atoms with Gasteiger partial charge in [-0.05, 0) is 28.0 Å². The molecule has 0 unspecified atom stereocenters. The predicted molar refractivity (Wildman–Crippen MR) is 47.8 cm³/mol. The minimum absolute atomic E-state index is 0.447. The SMILES string of the molecule is Cc1nc(-c2nc(Br)no2)cs1. The zero-order valence-corrected chi connectivity index (χ0v) is 8.52. The van der Waals surface area contributed by atoms with Crippen LogP contribution in [0.2, 0.25) is 0 Å². The van der Waals surface area contributed by atoms with Crippen molar-refractivity contribution >= 4 is 27.3 Å². The van der Waals surface area contributed by atoms with Gasteiger partial charge in [0, 0.05) is 5.38 Å². The summed E-state index contributed by atoms with van der Waals surface area (Å²) in [4.78, 5) is 8.17. The summed E-state index contributed by atoms with van der Waals surface area (Å²) in [5.74, 6) is 0.450. The fraction of sp³-hybridized carbons (Fsp3) is 0.167. The molecular formula is C6H4BrN3OS. The van der Waals surface area contributed by atoms with Crippen molar-refractivity contribution in [1.82, 2.24) is 15.1 Å². The second-order valence-electron chi connectivity index (χ2n) is 2.12. The van der Waals surface area contributed by atoms with Gasteiger partial charge in [0.2, 0.25) is 4.73 Å². The third-order valence-electron chi connectivity index (χ3n) is 1.24. The first-order valence-electron chi connectivity index (χ1n) is 3.17.